The fourth-order valence-electron chi connectivity index (χ4n) is 5.58. The van der Waals surface area contributed by atoms with Gasteiger partial charge in [0, 0.05) is 39.1 Å². The van der Waals surface area contributed by atoms with Crippen LogP contribution in [0.5, 0.6) is 0 Å². The van der Waals surface area contributed by atoms with E-state index in [-0.39, 0.29) is 0 Å². The summed E-state index contributed by atoms with van der Waals surface area (Å²) < 4.78 is 4.56. The van der Waals surface area contributed by atoms with Gasteiger partial charge in [-0.3, -0.25) is 0 Å². The second-order valence-corrected chi connectivity index (χ2v) is 9.25. The summed E-state index contributed by atoms with van der Waals surface area (Å²) in [5, 5.41) is 6.27. The average molecular weight is 449 g/mol. The smallest absolute Gasteiger partial charge is 0.0616 e. The Kier molecular flexibility index (Phi) is 4.24. The van der Waals surface area contributed by atoms with Gasteiger partial charge in [0.05, 0.1) is 16.6 Å². The zero-order valence-corrected chi connectivity index (χ0v) is 19.6. The first-order valence-corrected chi connectivity index (χ1v) is 12.0. The highest BCUT2D eigenvalue weighted by Crippen LogP contribution is 2.41. The van der Waals surface area contributed by atoms with Crippen LogP contribution in [0.15, 0.2) is 122 Å². The zero-order valence-electron chi connectivity index (χ0n) is 19.6. The van der Waals surface area contributed by atoms with Gasteiger partial charge < -0.3 is 9.13 Å². The van der Waals surface area contributed by atoms with E-state index in [1.165, 1.54) is 60.3 Å². The van der Waals surface area contributed by atoms with Gasteiger partial charge in [0.1, 0.15) is 0 Å². The van der Waals surface area contributed by atoms with Crippen LogP contribution in [-0.2, 0) is 0 Å². The van der Waals surface area contributed by atoms with Crippen LogP contribution in [0, 0.1) is 0 Å². The molecule has 0 bridgehead atoms. The molecule has 2 aromatic heterocycles. The van der Waals surface area contributed by atoms with E-state index < -0.39 is 0 Å². The molecule has 35 heavy (non-hydrogen) atoms. The second kappa shape index (κ2) is 7.48. The topological polar surface area (TPSA) is 9.86 Å². The SMILES string of the molecule is C=C(C)n1c2ccccc2c2cc(-c3ccc4c(ccn4-c4ccccc4)c3)c3ccccc3c21. The van der Waals surface area contributed by atoms with Gasteiger partial charge in [0.25, 0.3) is 0 Å². The van der Waals surface area contributed by atoms with Crippen molar-refractivity contribution in [3.05, 3.63) is 122 Å². The average Bonchev–Trinajstić information content (AvgIpc) is 3.48. The van der Waals surface area contributed by atoms with Crippen LogP contribution in [0.4, 0.5) is 0 Å². The fourth-order valence-corrected chi connectivity index (χ4v) is 5.58. The molecule has 7 rings (SSSR count). The van der Waals surface area contributed by atoms with Gasteiger partial charge in [-0.1, -0.05) is 73.3 Å². The van der Waals surface area contributed by atoms with Gasteiger partial charge in [-0.25, -0.2) is 0 Å². The third-order valence-corrected chi connectivity index (χ3v) is 7.09. The third-order valence-electron chi connectivity index (χ3n) is 7.09. The molecule has 2 nitrogen and oxygen atoms in total. The Hall–Kier alpha value is -4.56. The lowest BCUT2D eigenvalue weighted by Crippen LogP contribution is -1.93. The number of allylic oxidation sites excluding steroid dienone is 1. The van der Waals surface area contributed by atoms with E-state index in [0.29, 0.717) is 0 Å². The lowest BCUT2D eigenvalue weighted by molar-refractivity contribution is 1.13. The first-order chi connectivity index (χ1) is 17.2. The summed E-state index contributed by atoms with van der Waals surface area (Å²) >= 11 is 0. The number of hydrogen-bond donors (Lipinski definition) is 0. The molecule has 2 heteroatoms. The molecule has 7 aromatic rings. The third kappa shape index (κ3) is 2.90. The largest absolute Gasteiger partial charge is 0.317 e. The molecule has 2 heterocycles. The minimum absolute atomic E-state index is 1.03. The predicted octanol–water partition coefficient (Wildman–Crippen LogP) is 9.05. The Morgan fingerprint density at radius 3 is 2.14 bits per heavy atom. The highest BCUT2D eigenvalue weighted by atomic mass is 15.0. The summed E-state index contributed by atoms with van der Waals surface area (Å²) in [6.07, 6.45) is 2.16. The van der Waals surface area contributed by atoms with E-state index in [4.69, 9.17) is 0 Å². The maximum Gasteiger partial charge on any atom is 0.0616 e. The molecule has 0 aliphatic carbocycles. The van der Waals surface area contributed by atoms with E-state index >= 15 is 0 Å². The first kappa shape index (κ1) is 19.9. The second-order valence-electron chi connectivity index (χ2n) is 9.25. The van der Waals surface area contributed by atoms with Crippen LogP contribution in [0.1, 0.15) is 6.92 Å². The van der Waals surface area contributed by atoms with Crippen molar-refractivity contribution < 1.29 is 0 Å². The summed E-state index contributed by atoms with van der Waals surface area (Å²) in [4.78, 5) is 0. The van der Waals surface area contributed by atoms with Crippen LogP contribution < -0.4 is 0 Å². The van der Waals surface area contributed by atoms with Gasteiger partial charge in [0.15, 0.2) is 0 Å². The highest BCUT2D eigenvalue weighted by Gasteiger charge is 2.17. The van der Waals surface area contributed by atoms with Crippen molar-refractivity contribution in [2.45, 2.75) is 6.92 Å². The summed E-state index contributed by atoms with van der Waals surface area (Å²) in [5.74, 6) is 0. The molecule has 0 spiro atoms. The lowest BCUT2D eigenvalue weighted by Gasteiger charge is -2.13. The van der Waals surface area contributed by atoms with Crippen molar-refractivity contribution in [1.29, 1.82) is 0 Å². The molecular formula is C33H24N2. The van der Waals surface area contributed by atoms with Crippen molar-refractivity contribution in [2.24, 2.45) is 0 Å². The van der Waals surface area contributed by atoms with E-state index in [1.54, 1.807) is 0 Å². The molecule has 0 fully saturated rings. The zero-order chi connectivity index (χ0) is 23.5. The normalized spacial score (nSPS) is 11.7. The molecule has 166 valence electrons. The van der Waals surface area contributed by atoms with Crippen LogP contribution in [0.25, 0.3) is 66.0 Å². The van der Waals surface area contributed by atoms with E-state index in [0.717, 1.165) is 5.70 Å². The lowest BCUT2D eigenvalue weighted by atomic mass is 9.94. The standard InChI is InChI=1S/C33H24N2/c1-22(2)35-32-15-9-8-13-27(32)30-21-29(26-12-6-7-14-28(26)33(30)35)23-16-17-31-24(20-23)18-19-34(31)25-10-4-3-5-11-25/h3-21H,1H2,2H3. The van der Waals surface area contributed by atoms with Crippen LogP contribution in [-0.4, -0.2) is 9.13 Å². The van der Waals surface area contributed by atoms with Crippen molar-refractivity contribution in [3.8, 4) is 16.8 Å². The van der Waals surface area contributed by atoms with Crippen LogP contribution in [0.2, 0.25) is 0 Å². The van der Waals surface area contributed by atoms with Crippen molar-refractivity contribution in [1.82, 2.24) is 9.13 Å². The highest BCUT2D eigenvalue weighted by molar-refractivity contribution is 6.22. The molecule has 0 saturated carbocycles. The Morgan fingerprint density at radius 1 is 0.629 bits per heavy atom. The molecule has 0 radical (unpaired) electrons. The van der Waals surface area contributed by atoms with Crippen LogP contribution in [0.3, 0.4) is 0 Å². The summed E-state index contributed by atoms with van der Waals surface area (Å²) in [5.41, 5.74) is 8.33. The number of aromatic nitrogens is 2. The molecule has 5 aromatic carbocycles. The quantitative estimate of drug-likeness (QED) is 0.255. The molecule has 0 saturated heterocycles. The molecule has 0 amide bonds. The van der Waals surface area contributed by atoms with Gasteiger partial charge in [-0.2, -0.15) is 0 Å². The Labute approximate surface area is 204 Å². The van der Waals surface area contributed by atoms with E-state index in [2.05, 4.69) is 138 Å². The number of fused-ring (bicyclic) bond motifs is 6. The van der Waals surface area contributed by atoms with Gasteiger partial charge in [-0.05, 0) is 65.9 Å². The number of rotatable bonds is 3. The maximum atomic E-state index is 4.31. The molecule has 0 aliphatic heterocycles. The number of nitrogens with zero attached hydrogens (tertiary/aromatic N) is 2. The first-order valence-electron chi connectivity index (χ1n) is 12.0. The molecular weight excluding hydrogens is 424 g/mol. The van der Waals surface area contributed by atoms with Crippen molar-refractivity contribution in [3.63, 3.8) is 0 Å². The maximum absolute atomic E-state index is 4.31. The summed E-state index contributed by atoms with van der Waals surface area (Å²) in [6.45, 7) is 6.39. The van der Waals surface area contributed by atoms with Gasteiger partial charge in [0.2, 0.25) is 0 Å². The molecule has 0 N–H and O–H groups in total. The minimum atomic E-state index is 1.03. The molecule has 0 unspecified atom stereocenters. The van der Waals surface area contributed by atoms with Crippen molar-refractivity contribution in [2.75, 3.05) is 0 Å². The monoisotopic (exact) mass is 448 g/mol. The molecule has 0 aliphatic rings. The number of hydrogen-bond acceptors (Lipinski definition) is 0. The Morgan fingerprint density at radius 2 is 1.34 bits per heavy atom. The Balaban J connectivity index is 1.53. The van der Waals surface area contributed by atoms with Gasteiger partial charge >= 0.3 is 0 Å². The van der Waals surface area contributed by atoms with Gasteiger partial charge in [-0.15, -0.1) is 0 Å². The minimum Gasteiger partial charge on any atom is -0.317 e. The predicted molar refractivity (Wildman–Crippen MR) is 150 cm³/mol. The number of benzene rings is 5. The van der Waals surface area contributed by atoms with E-state index in [1.807, 2.05) is 0 Å². The van der Waals surface area contributed by atoms with E-state index in [9.17, 15) is 0 Å². The van der Waals surface area contributed by atoms with Crippen molar-refractivity contribution >= 4 is 49.2 Å². The fraction of sp³-hybridized carbons (Fsp3) is 0.0303. The Bertz CT molecular complexity index is 1920. The van der Waals surface area contributed by atoms with Crippen LogP contribution >= 0.6 is 0 Å². The summed E-state index contributed by atoms with van der Waals surface area (Å²) in [7, 11) is 0. The molecule has 0 atom stereocenters. The number of para-hydroxylation sites is 2. The summed E-state index contributed by atoms with van der Waals surface area (Å²) in [6, 6.07) is 39.3.